The second kappa shape index (κ2) is 6.13. The zero-order valence-electron chi connectivity index (χ0n) is 12.1. The van der Waals surface area contributed by atoms with Crippen molar-refractivity contribution in [2.24, 2.45) is 0 Å². The van der Waals surface area contributed by atoms with Gasteiger partial charge in [-0.05, 0) is 45.1 Å². The molecule has 0 spiro atoms. The van der Waals surface area contributed by atoms with Gasteiger partial charge in [0.15, 0.2) is 0 Å². The lowest BCUT2D eigenvalue weighted by Gasteiger charge is -2.30. The van der Waals surface area contributed by atoms with Crippen molar-refractivity contribution in [2.75, 3.05) is 27.2 Å². The standard InChI is InChI=1S/C16H23N3/c1-16(18-12-13-19(2)3)9-7-14(8-10-16)15-6-4-5-11-17-15/h4-9,11,18H,10,12-13H2,1-3H3. The highest BCUT2D eigenvalue weighted by atomic mass is 15.1. The second-order valence-corrected chi connectivity index (χ2v) is 5.56. The van der Waals surface area contributed by atoms with Crippen LogP contribution in [0.2, 0.25) is 0 Å². The second-order valence-electron chi connectivity index (χ2n) is 5.56. The first-order valence-electron chi connectivity index (χ1n) is 6.80. The highest BCUT2D eigenvalue weighted by Gasteiger charge is 2.21. The van der Waals surface area contributed by atoms with E-state index in [1.165, 1.54) is 5.57 Å². The van der Waals surface area contributed by atoms with Crippen molar-refractivity contribution in [1.29, 1.82) is 0 Å². The summed E-state index contributed by atoms with van der Waals surface area (Å²) in [5.74, 6) is 0. The van der Waals surface area contributed by atoms with Gasteiger partial charge < -0.3 is 10.2 Å². The highest BCUT2D eigenvalue weighted by molar-refractivity contribution is 5.73. The Labute approximate surface area is 116 Å². The minimum absolute atomic E-state index is 0.0638. The summed E-state index contributed by atoms with van der Waals surface area (Å²) >= 11 is 0. The van der Waals surface area contributed by atoms with Gasteiger partial charge in [0, 0.05) is 24.8 Å². The maximum absolute atomic E-state index is 4.39. The van der Waals surface area contributed by atoms with Gasteiger partial charge in [0.2, 0.25) is 0 Å². The molecule has 0 amide bonds. The summed E-state index contributed by atoms with van der Waals surface area (Å²) < 4.78 is 0. The molecule has 0 aromatic carbocycles. The molecule has 0 saturated heterocycles. The van der Waals surface area contributed by atoms with Crippen LogP contribution >= 0.6 is 0 Å². The molecule has 0 saturated carbocycles. The van der Waals surface area contributed by atoms with Crippen molar-refractivity contribution in [3.63, 3.8) is 0 Å². The van der Waals surface area contributed by atoms with E-state index in [1.807, 2.05) is 18.3 Å². The monoisotopic (exact) mass is 257 g/mol. The fraction of sp³-hybridized carbons (Fsp3) is 0.438. The molecule has 3 heteroatoms. The maximum Gasteiger partial charge on any atom is 0.0698 e. The van der Waals surface area contributed by atoms with Crippen LogP contribution < -0.4 is 5.32 Å². The van der Waals surface area contributed by atoms with Gasteiger partial charge in [0.1, 0.15) is 0 Å². The molecule has 0 bridgehead atoms. The normalized spacial score (nSPS) is 22.6. The van der Waals surface area contributed by atoms with E-state index in [4.69, 9.17) is 0 Å². The first-order valence-corrected chi connectivity index (χ1v) is 6.80. The van der Waals surface area contributed by atoms with Crippen molar-refractivity contribution in [2.45, 2.75) is 18.9 Å². The number of likely N-dealkylation sites (N-methyl/N-ethyl adjacent to an activating group) is 1. The largest absolute Gasteiger partial charge is 0.308 e. The first kappa shape index (κ1) is 14.0. The van der Waals surface area contributed by atoms with Crippen LogP contribution in [0.1, 0.15) is 19.0 Å². The molecule has 1 aromatic heterocycles. The molecule has 1 unspecified atom stereocenters. The number of pyridine rings is 1. The fourth-order valence-corrected chi connectivity index (χ4v) is 2.15. The molecule has 1 aromatic rings. The van der Waals surface area contributed by atoms with Crippen LogP contribution in [0.15, 0.2) is 42.6 Å². The molecule has 1 N–H and O–H groups in total. The topological polar surface area (TPSA) is 28.2 Å². The third-order valence-electron chi connectivity index (χ3n) is 3.43. The molecule has 0 radical (unpaired) electrons. The van der Waals surface area contributed by atoms with Crippen LogP contribution in [0.4, 0.5) is 0 Å². The Morgan fingerprint density at radius 3 is 2.79 bits per heavy atom. The van der Waals surface area contributed by atoms with Crippen molar-refractivity contribution in [3.05, 3.63) is 48.3 Å². The van der Waals surface area contributed by atoms with E-state index >= 15 is 0 Å². The van der Waals surface area contributed by atoms with Gasteiger partial charge in [-0.1, -0.05) is 24.3 Å². The van der Waals surface area contributed by atoms with E-state index < -0.39 is 0 Å². The highest BCUT2D eigenvalue weighted by Crippen LogP contribution is 2.25. The van der Waals surface area contributed by atoms with Crippen molar-refractivity contribution in [3.8, 4) is 0 Å². The molecule has 19 heavy (non-hydrogen) atoms. The van der Waals surface area contributed by atoms with Crippen molar-refractivity contribution < 1.29 is 0 Å². The van der Waals surface area contributed by atoms with Crippen molar-refractivity contribution >= 4 is 5.57 Å². The van der Waals surface area contributed by atoms with E-state index in [1.54, 1.807) is 0 Å². The number of hydrogen-bond acceptors (Lipinski definition) is 3. The maximum atomic E-state index is 4.39. The number of rotatable bonds is 5. The quantitative estimate of drug-likeness (QED) is 0.877. The van der Waals surface area contributed by atoms with Crippen LogP contribution in [0.3, 0.4) is 0 Å². The third-order valence-corrected chi connectivity index (χ3v) is 3.43. The molecule has 1 atom stereocenters. The Hall–Kier alpha value is -1.45. The SMILES string of the molecule is CN(C)CCNC1(C)C=CC(c2ccccn2)=CC1. The molecular formula is C16H23N3. The van der Waals surface area contributed by atoms with E-state index in [9.17, 15) is 0 Å². The summed E-state index contributed by atoms with van der Waals surface area (Å²) in [7, 11) is 4.19. The van der Waals surface area contributed by atoms with Gasteiger partial charge in [-0.2, -0.15) is 0 Å². The smallest absolute Gasteiger partial charge is 0.0698 e. The molecule has 0 fully saturated rings. The summed E-state index contributed by atoms with van der Waals surface area (Å²) in [6, 6.07) is 6.03. The van der Waals surface area contributed by atoms with Crippen LogP contribution in [-0.4, -0.2) is 42.6 Å². The van der Waals surface area contributed by atoms with Crippen LogP contribution in [0, 0.1) is 0 Å². The first-order chi connectivity index (χ1) is 9.09. The van der Waals surface area contributed by atoms with E-state index in [0.717, 1.165) is 25.2 Å². The van der Waals surface area contributed by atoms with Gasteiger partial charge in [-0.15, -0.1) is 0 Å². The zero-order chi connectivity index (χ0) is 13.7. The number of nitrogens with zero attached hydrogens (tertiary/aromatic N) is 2. The molecule has 2 rings (SSSR count). The summed E-state index contributed by atoms with van der Waals surface area (Å²) in [6.07, 6.45) is 9.54. The predicted molar refractivity (Wildman–Crippen MR) is 80.9 cm³/mol. The fourth-order valence-electron chi connectivity index (χ4n) is 2.15. The van der Waals surface area contributed by atoms with Gasteiger partial charge in [-0.25, -0.2) is 0 Å². The summed E-state index contributed by atoms with van der Waals surface area (Å²) in [4.78, 5) is 6.58. The summed E-state index contributed by atoms with van der Waals surface area (Å²) in [5, 5.41) is 3.61. The van der Waals surface area contributed by atoms with E-state index in [-0.39, 0.29) is 5.54 Å². The van der Waals surface area contributed by atoms with Crippen LogP contribution in [0.25, 0.3) is 5.57 Å². The van der Waals surface area contributed by atoms with E-state index in [0.29, 0.717) is 0 Å². The molecule has 102 valence electrons. The third kappa shape index (κ3) is 4.01. The Bertz CT molecular complexity index is 462. The number of allylic oxidation sites excluding steroid dienone is 2. The average Bonchev–Trinajstić information content (AvgIpc) is 2.40. The van der Waals surface area contributed by atoms with Crippen LogP contribution in [0.5, 0.6) is 0 Å². The van der Waals surface area contributed by atoms with Crippen molar-refractivity contribution in [1.82, 2.24) is 15.2 Å². The molecule has 0 aliphatic heterocycles. The minimum atomic E-state index is 0.0638. The lowest BCUT2D eigenvalue weighted by Crippen LogP contribution is -2.43. The molecule has 1 heterocycles. The number of hydrogen-bond donors (Lipinski definition) is 1. The number of nitrogens with one attached hydrogen (secondary N) is 1. The Morgan fingerprint density at radius 2 is 2.21 bits per heavy atom. The lowest BCUT2D eigenvalue weighted by molar-refractivity contribution is 0.360. The Kier molecular flexibility index (Phi) is 4.51. The van der Waals surface area contributed by atoms with Gasteiger partial charge in [0.25, 0.3) is 0 Å². The molecular weight excluding hydrogens is 234 g/mol. The predicted octanol–water partition coefficient (Wildman–Crippen LogP) is 2.33. The minimum Gasteiger partial charge on any atom is -0.308 e. The lowest BCUT2D eigenvalue weighted by atomic mass is 9.89. The summed E-state index contributed by atoms with van der Waals surface area (Å²) in [5.41, 5.74) is 2.33. The number of aromatic nitrogens is 1. The zero-order valence-corrected chi connectivity index (χ0v) is 12.1. The molecule has 1 aliphatic rings. The molecule has 1 aliphatic carbocycles. The van der Waals surface area contributed by atoms with Gasteiger partial charge >= 0.3 is 0 Å². The molecule has 3 nitrogen and oxygen atoms in total. The van der Waals surface area contributed by atoms with E-state index in [2.05, 4.69) is 60.5 Å². The Morgan fingerprint density at radius 1 is 1.37 bits per heavy atom. The summed E-state index contributed by atoms with van der Waals surface area (Å²) in [6.45, 7) is 4.30. The Balaban J connectivity index is 1.94. The van der Waals surface area contributed by atoms with Gasteiger partial charge in [-0.3, -0.25) is 4.98 Å². The van der Waals surface area contributed by atoms with Gasteiger partial charge in [0.05, 0.1) is 5.69 Å². The average molecular weight is 257 g/mol. The van der Waals surface area contributed by atoms with Crippen LogP contribution in [-0.2, 0) is 0 Å².